The third-order valence-corrected chi connectivity index (χ3v) is 4.55. The van der Waals surface area contributed by atoms with Crippen molar-refractivity contribution in [2.24, 2.45) is 16.2 Å². The van der Waals surface area contributed by atoms with Crippen LogP contribution in [0.25, 0.3) is 0 Å². The number of hydrogen-bond acceptors (Lipinski definition) is 5. The average molecular weight is 535 g/mol. The molecule has 2 atom stereocenters. The van der Waals surface area contributed by atoms with Crippen LogP contribution in [0.15, 0.2) is 0 Å². The Balaban J connectivity index is -0.000000750. The van der Waals surface area contributed by atoms with E-state index in [1.165, 1.54) is 0 Å². The Morgan fingerprint density at radius 1 is 0.514 bits per heavy atom. The van der Waals surface area contributed by atoms with Gasteiger partial charge in [0.25, 0.3) is 0 Å². The summed E-state index contributed by atoms with van der Waals surface area (Å²) < 4.78 is 94.1. The first kappa shape index (κ1) is 44.4. The highest BCUT2D eigenvalue weighted by Gasteiger charge is 2.33. The standard InChI is InChI=1S/C20H36F6O5.4CH4/c1-6-17(4,11-30-14-19(21,22)23)10-28-8-16(2,3)9-29-12-18(5,7-27)13-31-15-20(24,25)26;;;;/h27H,6-15H2,1-5H3;4*1H4. The highest BCUT2D eigenvalue weighted by Crippen LogP contribution is 2.26. The summed E-state index contributed by atoms with van der Waals surface area (Å²) in [6.45, 7) is 6.01. The molecule has 5 nitrogen and oxygen atoms in total. The van der Waals surface area contributed by atoms with Gasteiger partial charge in [0.1, 0.15) is 13.2 Å². The Labute approximate surface area is 209 Å². The SMILES string of the molecule is C.C.C.C.CCC(C)(COCC(F)(F)F)COCC(C)(C)COCC(C)(CO)COCC(F)(F)F. The van der Waals surface area contributed by atoms with Gasteiger partial charge in [-0.3, -0.25) is 0 Å². The molecule has 0 aliphatic rings. The normalized spacial score (nSPS) is 15.4. The molecule has 11 heteroatoms. The molecular weight excluding hydrogens is 482 g/mol. The largest absolute Gasteiger partial charge is 0.411 e. The van der Waals surface area contributed by atoms with Gasteiger partial charge in [0.15, 0.2) is 0 Å². The number of hydrogen-bond donors (Lipinski definition) is 1. The lowest BCUT2D eigenvalue weighted by atomic mass is 9.89. The molecule has 0 aliphatic heterocycles. The van der Waals surface area contributed by atoms with E-state index in [4.69, 9.17) is 14.2 Å². The van der Waals surface area contributed by atoms with E-state index in [0.29, 0.717) is 6.42 Å². The van der Waals surface area contributed by atoms with E-state index in [1.807, 2.05) is 20.8 Å². The molecule has 0 rings (SSSR count). The second-order valence-electron chi connectivity index (χ2n) is 9.50. The molecule has 0 aliphatic carbocycles. The summed E-state index contributed by atoms with van der Waals surface area (Å²) in [5, 5.41) is 9.48. The van der Waals surface area contributed by atoms with Crippen LogP contribution in [0.2, 0.25) is 0 Å². The smallest absolute Gasteiger partial charge is 0.396 e. The predicted molar refractivity (Wildman–Crippen MR) is 130 cm³/mol. The Bertz CT molecular complexity index is 458. The van der Waals surface area contributed by atoms with Crippen molar-refractivity contribution in [3.8, 4) is 0 Å². The molecule has 0 fully saturated rings. The fraction of sp³-hybridized carbons (Fsp3) is 1.00. The van der Waals surface area contributed by atoms with E-state index in [9.17, 15) is 31.4 Å². The molecule has 0 aromatic carbocycles. The Kier molecular flexibility index (Phi) is 23.6. The highest BCUT2D eigenvalue weighted by atomic mass is 19.4. The monoisotopic (exact) mass is 534 g/mol. The topological polar surface area (TPSA) is 57.2 Å². The van der Waals surface area contributed by atoms with E-state index in [1.54, 1.807) is 13.8 Å². The lowest BCUT2D eigenvalue weighted by molar-refractivity contribution is -0.185. The van der Waals surface area contributed by atoms with Gasteiger partial charge in [-0.05, 0) is 6.42 Å². The van der Waals surface area contributed by atoms with E-state index in [0.717, 1.165) is 0 Å². The summed E-state index contributed by atoms with van der Waals surface area (Å²) >= 11 is 0. The summed E-state index contributed by atoms with van der Waals surface area (Å²) in [5.74, 6) is 0. The summed E-state index contributed by atoms with van der Waals surface area (Å²) in [4.78, 5) is 0. The number of aliphatic hydroxyl groups is 1. The summed E-state index contributed by atoms with van der Waals surface area (Å²) in [7, 11) is 0. The molecule has 0 radical (unpaired) electrons. The number of alkyl halides is 6. The van der Waals surface area contributed by atoms with Gasteiger partial charge < -0.3 is 24.1 Å². The number of aliphatic hydroxyl groups excluding tert-OH is 1. The van der Waals surface area contributed by atoms with Crippen LogP contribution in [-0.4, -0.2) is 76.9 Å². The van der Waals surface area contributed by atoms with Crippen molar-refractivity contribution >= 4 is 0 Å². The molecule has 0 aromatic rings. The van der Waals surface area contributed by atoms with Gasteiger partial charge in [-0.15, -0.1) is 0 Å². The van der Waals surface area contributed by atoms with Gasteiger partial charge in [0.2, 0.25) is 0 Å². The molecule has 0 heterocycles. The summed E-state index contributed by atoms with van der Waals surface area (Å²) in [5.41, 5.74) is -2.03. The first-order chi connectivity index (χ1) is 13.9. The maximum Gasteiger partial charge on any atom is 0.411 e. The average Bonchev–Trinajstić information content (AvgIpc) is 2.59. The van der Waals surface area contributed by atoms with Crippen molar-refractivity contribution < 1.29 is 50.4 Å². The van der Waals surface area contributed by atoms with E-state index < -0.39 is 48.4 Å². The molecule has 0 aromatic heterocycles. The van der Waals surface area contributed by atoms with Crippen LogP contribution < -0.4 is 0 Å². The molecule has 0 amide bonds. The minimum atomic E-state index is -4.44. The predicted octanol–water partition coefficient (Wildman–Crippen LogP) is 7.16. The van der Waals surface area contributed by atoms with Crippen LogP contribution in [0.3, 0.4) is 0 Å². The lowest BCUT2D eigenvalue weighted by Crippen LogP contribution is -2.37. The third-order valence-electron chi connectivity index (χ3n) is 4.55. The van der Waals surface area contributed by atoms with Crippen molar-refractivity contribution in [1.29, 1.82) is 0 Å². The van der Waals surface area contributed by atoms with Crippen LogP contribution in [0.5, 0.6) is 0 Å². The fourth-order valence-electron chi connectivity index (χ4n) is 2.39. The summed E-state index contributed by atoms with van der Waals surface area (Å²) in [6, 6.07) is 0. The maximum atomic E-state index is 12.2. The second-order valence-corrected chi connectivity index (χ2v) is 9.50. The molecule has 0 saturated carbocycles. The van der Waals surface area contributed by atoms with E-state index >= 15 is 0 Å². The number of ether oxygens (including phenoxy) is 4. The quantitative estimate of drug-likeness (QED) is 0.213. The Morgan fingerprint density at radius 3 is 1.06 bits per heavy atom. The molecule has 2 unspecified atom stereocenters. The molecule has 0 bridgehead atoms. The van der Waals surface area contributed by atoms with Crippen LogP contribution in [0.1, 0.15) is 70.7 Å². The van der Waals surface area contributed by atoms with Crippen molar-refractivity contribution in [3.05, 3.63) is 0 Å². The van der Waals surface area contributed by atoms with Gasteiger partial charge in [0.05, 0.1) is 46.2 Å². The second kappa shape index (κ2) is 18.6. The van der Waals surface area contributed by atoms with Gasteiger partial charge in [-0.2, -0.15) is 26.3 Å². The van der Waals surface area contributed by atoms with Crippen LogP contribution in [0.4, 0.5) is 26.3 Å². The van der Waals surface area contributed by atoms with Crippen LogP contribution in [-0.2, 0) is 18.9 Å². The molecular formula is C24H52F6O5. The van der Waals surface area contributed by atoms with Crippen molar-refractivity contribution in [2.75, 3.05) is 59.5 Å². The maximum absolute atomic E-state index is 12.2. The molecule has 1 N–H and O–H groups in total. The third kappa shape index (κ3) is 23.5. The minimum Gasteiger partial charge on any atom is -0.396 e. The Hall–Kier alpha value is -0.620. The van der Waals surface area contributed by atoms with Crippen LogP contribution in [0, 0.1) is 16.2 Å². The zero-order valence-electron chi connectivity index (χ0n) is 18.9. The summed E-state index contributed by atoms with van der Waals surface area (Å²) in [6.07, 6.45) is -8.26. The fourth-order valence-corrected chi connectivity index (χ4v) is 2.39. The first-order valence-electron chi connectivity index (χ1n) is 10.0. The van der Waals surface area contributed by atoms with Gasteiger partial charge >= 0.3 is 12.4 Å². The lowest BCUT2D eigenvalue weighted by Gasteiger charge is -2.32. The molecule has 220 valence electrons. The zero-order valence-corrected chi connectivity index (χ0v) is 18.9. The van der Waals surface area contributed by atoms with Crippen molar-refractivity contribution in [3.63, 3.8) is 0 Å². The zero-order chi connectivity index (χ0) is 24.4. The van der Waals surface area contributed by atoms with Crippen molar-refractivity contribution in [2.45, 2.75) is 83.1 Å². The van der Waals surface area contributed by atoms with E-state index in [-0.39, 0.29) is 69.3 Å². The van der Waals surface area contributed by atoms with Gasteiger partial charge in [0, 0.05) is 16.2 Å². The van der Waals surface area contributed by atoms with Crippen LogP contribution >= 0.6 is 0 Å². The first-order valence-corrected chi connectivity index (χ1v) is 10.0. The molecule has 35 heavy (non-hydrogen) atoms. The van der Waals surface area contributed by atoms with Gasteiger partial charge in [-0.25, -0.2) is 0 Å². The molecule has 0 saturated heterocycles. The van der Waals surface area contributed by atoms with Crippen molar-refractivity contribution in [1.82, 2.24) is 0 Å². The minimum absolute atomic E-state index is 0. The number of halogens is 6. The Morgan fingerprint density at radius 2 is 0.800 bits per heavy atom. The number of rotatable bonds is 16. The molecule has 0 spiro atoms. The highest BCUT2D eigenvalue weighted by molar-refractivity contribution is 4.76. The van der Waals surface area contributed by atoms with Gasteiger partial charge in [-0.1, -0.05) is 64.3 Å². The van der Waals surface area contributed by atoms with E-state index in [2.05, 4.69) is 4.74 Å².